The van der Waals surface area contributed by atoms with E-state index in [0.717, 1.165) is 16.7 Å². The first-order valence-corrected chi connectivity index (χ1v) is 9.29. The molecule has 5 N–H and O–H groups in total. The van der Waals surface area contributed by atoms with Gasteiger partial charge in [-0.1, -0.05) is 48.5 Å². The van der Waals surface area contributed by atoms with Gasteiger partial charge in [0.1, 0.15) is 0 Å². The van der Waals surface area contributed by atoms with Crippen molar-refractivity contribution in [3.63, 3.8) is 0 Å². The van der Waals surface area contributed by atoms with Gasteiger partial charge in [0.25, 0.3) is 0 Å². The topological polar surface area (TPSA) is 107 Å². The van der Waals surface area contributed by atoms with Crippen molar-refractivity contribution >= 4 is 23.3 Å². The summed E-state index contributed by atoms with van der Waals surface area (Å²) in [6.45, 7) is 2.52. The average molecular weight is 389 g/mol. The lowest BCUT2D eigenvalue weighted by atomic mass is 9.98. The molecule has 6 heteroatoms. The second-order valence-corrected chi connectivity index (χ2v) is 6.45. The Morgan fingerprint density at radius 3 is 2.31 bits per heavy atom. The molecule has 0 radical (unpaired) electrons. The minimum Gasteiger partial charge on any atom is -0.462 e. The molecule has 6 nitrogen and oxygen atoms in total. The molecule has 0 aromatic heterocycles. The molecule has 0 bridgehead atoms. The van der Waals surface area contributed by atoms with Gasteiger partial charge in [-0.25, -0.2) is 4.79 Å². The summed E-state index contributed by atoms with van der Waals surface area (Å²) >= 11 is 0. The zero-order chi connectivity index (χ0) is 20.8. The summed E-state index contributed by atoms with van der Waals surface area (Å²) in [5.74, 6) is -0.877. The van der Waals surface area contributed by atoms with Gasteiger partial charge in [0, 0.05) is 12.1 Å². The number of carbonyl (C=O) groups excluding carboxylic acids is 2. The molecule has 0 aliphatic rings. The lowest BCUT2D eigenvalue weighted by molar-refractivity contribution is 0.0527. The summed E-state index contributed by atoms with van der Waals surface area (Å²) < 4.78 is 5.10. The molecule has 148 valence electrons. The third-order valence-electron chi connectivity index (χ3n) is 4.52. The quantitative estimate of drug-likeness (QED) is 0.420. The SMILES string of the molecule is CCOC(=O)c1cccc(N)c1NCc1ccc(-c2ccccc2C(N)=O)cc1. The number of para-hydroxylation sites is 1. The highest BCUT2D eigenvalue weighted by atomic mass is 16.5. The Balaban J connectivity index is 1.79. The number of rotatable bonds is 7. The van der Waals surface area contributed by atoms with Gasteiger partial charge in [-0.15, -0.1) is 0 Å². The Bertz CT molecular complexity index is 1030. The van der Waals surface area contributed by atoms with Crippen molar-refractivity contribution in [1.29, 1.82) is 0 Å². The van der Waals surface area contributed by atoms with Crippen LogP contribution in [0.3, 0.4) is 0 Å². The number of hydrogen-bond acceptors (Lipinski definition) is 5. The Kier molecular flexibility index (Phi) is 6.14. The van der Waals surface area contributed by atoms with Crippen LogP contribution >= 0.6 is 0 Å². The van der Waals surface area contributed by atoms with E-state index in [1.165, 1.54) is 0 Å². The highest BCUT2D eigenvalue weighted by molar-refractivity contribution is 6.00. The summed E-state index contributed by atoms with van der Waals surface area (Å²) in [6.07, 6.45) is 0. The lowest BCUT2D eigenvalue weighted by Gasteiger charge is -2.14. The normalized spacial score (nSPS) is 10.4. The van der Waals surface area contributed by atoms with E-state index in [0.29, 0.717) is 35.7 Å². The molecule has 3 rings (SSSR count). The van der Waals surface area contributed by atoms with Crippen molar-refractivity contribution < 1.29 is 14.3 Å². The van der Waals surface area contributed by atoms with Crippen LogP contribution in [0.5, 0.6) is 0 Å². The van der Waals surface area contributed by atoms with Crippen molar-refractivity contribution in [1.82, 2.24) is 0 Å². The van der Waals surface area contributed by atoms with E-state index in [2.05, 4.69) is 5.32 Å². The maximum absolute atomic E-state index is 12.2. The second-order valence-electron chi connectivity index (χ2n) is 6.45. The molecule has 3 aromatic rings. The van der Waals surface area contributed by atoms with Gasteiger partial charge < -0.3 is 21.5 Å². The molecule has 0 atom stereocenters. The third kappa shape index (κ3) is 4.55. The van der Waals surface area contributed by atoms with E-state index in [1.54, 1.807) is 37.3 Å². The van der Waals surface area contributed by atoms with Gasteiger partial charge in [0.15, 0.2) is 0 Å². The number of benzene rings is 3. The molecule has 0 aliphatic heterocycles. The fourth-order valence-corrected chi connectivity index (χ4v) is 3.09. The molecule has 0 saturated carbocycles. The van der Waals surface area contributed by atoms with E-state index >= 15 is 0 Å². The second kappa shape index (κ2) is 8.93. The first-order chi connectivity index (χ1) is 14.0. The van der Waals surface area contributed by atoms with E-state index in [4.69, 9.17) is 16.2 Å². The first kappa shape index (κ1) is 19.9. The predicted octanol–water partition coefficient (Wildman–Crippen LogP) is 3.82. The highest BCUT2D eigenvalue weighted by Crippen LogP contribution is 2.26. The summed E-state index contributed by atoms with van der Waals surface area (Å²) in [4.78, 5) is 23.8. The summed E-state index contributed by atoms with van der Waals surface area (Å²) in [5, 5.41) is 3.23. The van der Waals surface area contributed by atoms with Gasteiger partial charge in [-0.2, -0.15) is 0 Å². The molecule has 0 heterocycles. The van der Waals surface area contributed by atoms with Gasteiger partial charge in [0.05, 0.1) is 23.5 Å². The number of primary amides is 1. The largest absolute Gasteiger partial charge is 0.462 e. The van der Waals surface area contributed by atoms with Gasteiger partial charge >= 0.3 is 5.97 Å². The zero-order valence-electron chi connectivity index (χ0n) is 16.1. The maximum Gasteiger partial charge on any atom is 0.340 e. The first-order valence-electron chi connectivity index (χ1n) is 9.29. The van der Waals surface area contributed by atoms with Crippen molar-refractivity contribution in [2.45, 2.75) is 13.5 Å². The molecule has 1 amide bonds. The van der Waals surface area contributed by atoms with Crippen LogP contribution in [0.2, 0.25) is 0 Å². The Labute approximate surface area is 169 Å². The fraction of sp³-hybridized carbons (Fsp3) is 0.130. The summed E-state index contributed by atoms with van der Waals surface area (Å²) in [6, 6.07) is 20.1. The Morgan fingerprint density at radius 2 is 1.62 bits per heavy atom. The number of esters is 1. The summed E-state index contributed by atoms with van der Waals surface area (Å²) in [7, 11) is 0. The van der Waals surface area contributed by atoms with E-state index in [-0.39, 0.29) is 0 Å². The van der Waals surface area contributed by atoms with Crippen LogP contribution in [0, 0.1) is 0 Å². The minimum atomic E-state index is -0.461. The average Bonchev–Trinajstić information content (AvgIpc) is 2.73. The predicted molar refractivity (Wildman–Crippen MR) is 115 cm³/mol. The van der Waals surface area contributed by atoms with Crippen molar-refractivity contribution in [2.24, 2.45) is 5.73 Å². The number of amides is 1. The number of carbonyl (C=O) groups is 2. The number of nitrogens with one attached hydrogen (secondary N) is 1. The molecule has 0 unspecified atom stereocenters. The van der Waals surface area contributed by atoms with Crippen LogP contribution in [0.25, 0.3) is 11.1 Å². The van der Waals surface area contributed by atoms with Crippen LogP contribution in [0.4, 0.5) is 11.4 Å². The molecule has 3 aromatic carbocycles. The number of ether oxygens (including phenoxy) is 1. The smallest absolute Gasteiger partial charge is 0.340 e. The summed E-state index contributed by atoms with van der Waals surface area (Å²) in [5.41, 5.74) is 16.1. The monoisotopic (exact) mass is 389 g/mol. The molecule has 0 fully saturated rings. The zero-order valence-corrected chi connectivity index (χ0v) is 16.1. The van der Waals surface area contributed by atoms with Crippen LogP contribution in [-0.2, 0) is 11.3 Å². The standard InChI is InChI=1S/C23H23N3O3/c1-2-29-23(28)19-8-5-9-20(24)21(19)26-14-15-10-12-16(13-11-15)17-6-3-4-7-18(17)22(25)27/h3-13,26H,2,14,24H2,1H3,(H2,25,27). The molecular weight excluding hydrogens is 366 g/mol. The maximum atomic E-state index is 12.2. The van der Waals surface area contributed by atoms with Gasteiger partial charge in [0.2, 0.25) is 5.91 Å². The number of anilines is 2. The lowest BCUT2D eigenvalue weighted by Crippen LogP contribution is -2.12. The molecule has 29 heavy (non-hydrogen) atoms. The molecular formula is C23H23N3O3. The fourth-order valence-electron chi connectivity index (χ4n) is 3.09. The Hall–Kier alpha value is -3.80. The Morgan fingerprint density at radius 1 is 0.931 bits per heavy atom. The van der Waals surface area contributed by atoms with Crippen molar-refractivity contribution in [3.05, 3.63) is 83.4 Å². The van der Waals surface area contributed by atoms with E-state index in [9.17, 15) is 9.59 Å². The van der Waals surface area contributed by atoms with Gasteiger partial charge in [-0.3, -0.25) is 4.79 Å². The van der Waals surface area contributed by atoms with E-state index in [1.807, 2.05) is 36.4 Å². The van der Waals surface area contributed by atoms with Crippen LogP contribution in [-0.4, -0.2) is 18.5 Å². The third-order valence-corrected chi connectivity index (χ3v) is 4.52. The molecule has 0 aliphatic carbocycles. The van der Waals surface area contributed by atoms with Crippen molar-refractivity contribution in [3.8, 4) is 11.1 Å². The highest BCUT2D eigenvalue weighted by Gasteiger charge is 2.15. The number of hydrogen-bond donors (Lipinski definition) is 3. The van der Waals surface area contributed by atoms with Crippen LogP contribution in [0.15, 0.2) is 66.7 Å². The molecule has 0 spiro atoms. The number of nitrogen functional groups attached to an aromatic ring is 1. The van der Waals surface area contributed by atoms with Crippen LogP contribution < -0.4 is 16.8 Å². The van der Waals surface area contributed by atoms with E-state index < -0.39 is 11.9 Å². The van der Waals surface area contributed by atoms with Crippen molar-refractivity contribution in [2.75, 3.05) is 17.7 Å². The van der Waals surface area contributed by atoms with Crippen LogP contribution in [0.1, 0.15) is 33.2 Å². The number of nitrogens with two attached hydrogens (primary N) is 2. The van der Waals surface area contributed by atoms with Gasteiger partial charge in [-0.05, 0) is 41.8 Å². The minimum absolute atomic E-state index is 0.293. The molecule has 0 saturated heterocycles.